The van der Waals surface area contributed by atoms with Gasteiger partial charge in [0.2, 0.25) is 0 Å². The minimum Gasteiger partial charge on any atom is -0.387 e. The Kier molecular flexibility index (Phi) is 6.99. The molecule has 0 radical (unpaired) electrons. The van der Waals surface area contributed by atoms with Gasteiger partial charge in [-0.15, -0.1) is 0 Å². The Balaban J connectivity index is 1.69. The highest BCUT2D eigenvalue weighted by atomic mass is 32.5. The topological polar surface area (TPSA) is 262 Å². The van der Waals surface area contributed by atoms with Crippen molar-refractivity contribution in [3.63, 3.8) is 0 Å². The van der Waals surface area contributed by atoms with E-state index in [0.717, 1.165) is 6.33 Å². The summed E-state index contributed by atoms with van der Waals surface area (Å²) in [6.07, 6.45) is -3.53. The first-order chi connectivity index (χ1) is 14.2. The molecule has 174 valence electrons. The number of phosphoric acid groups is 2. The van der Waals surface area contributed by atoms with Gasteiger partial charge < -0.3 is 40.3 Å². The van der Waals surface area contributed by atoms with Crippen molar-refractivity contribution in [3.8, 4) is 0 Å². The summed E-state index contributed by atoms with van der Waals surface area (Å²) < 4.78 is 42.1. The summed E-state index contributed by atoms with van der Waals surface area (Å²) in [5.74, 6) is 0.0574. The molecule has 0 aromatic carbocycles. The number of hydrogen-bond acceptors (Lipinski definition) is 13. The van der Waals surface area contributed by atoms with E-state index in [0.29, 0.717) is 0 Å². The zero-order valence-corrected chi connectivity index (χ0v) is 18.4. The molecule has 0 saturated carbocycles. The predicted octanol–water partition coefficient (Wildman–Crippen LogP) is -1.51. The van der Waals surface area contributed by atoms with Crippen molar-refractivity contribution in [1.29, 1.82) is 0 Å². The van der Waals surface area contributed by atoms with Crippen LogP contribution in [0.15, 0.2) is 12.7 Å². The third kappa shape index (κ3) is 5.90. The van der Waals surface area contributed by atoms with Crippen molar-refractivity contribution < 1.29 is 56.8 Å². The average Bonchev–Trinajstić information content (AvgIpc) is 3.13. The standard InChI is InChI=1S/C10H16N5O12P3S/c11-8-5-9(13-2-12-8)15(3-14-5)10-7(17)6(16)4(25-10)1-24-28(18,19)26-29(20,21)27-30(22,23)31/h2-4,6-7,10,16-17H,1H2,(H,18,19)(H,20,21)(H2,11,12,13)(H2,22,23,31)/t4-,6-,7+,10+/m0/s1. The van der Waals surface area contributed by atoms with Gasteiger partial charge in [0, 0.05) is 0 Å². The Morgan fingerprint density at radius 1 is 1.10 bits per heavy atom. The van der Waals surface area contributed by atoms with Crippen LogP contribution in [0, 0.1) is 0 Å². The predicted molar refractivity (Wildman–Crippen MR) is 102 cm³/mol. The molecule has 21 heteroatoms. The lowest BCUT2D eigenvalue weighted by atomic mass is 10.1. The van der Waals surface area contributed by atoms with Crippen LogP contribution in [-0.2, 0) is 38.8 Å². The van der Waals surface area contributed by atoms with E-state index in [-0.39, 0.29) is 17.0 Å². The Hall–Kier alpha value is -0.940. The van der Waals surface area contributed by atoms with Gasteiger partial charge in [0.1, 0.15) is 30.2 Å². The number of aliphatic hydroxyl groups is 2. The lowest BCUT2D eigenvalue weighted by Crippen LogP contribution is -2.33. The van der Waals surface area contributed by atoms with Crippen molar-refractivity contribution in [2.24, 2.45) is 0 Å². The summed E-state index contributed by atoms with van der Waals surface area (Å²) in [6, 6.07) is 0. The van der Waals surface area contributed by atoms with Crippen LogP contribution in [0.3, 0.4) is 0 Å². The van der Waals surface area contributed by atoms with Crippen molar-refractivity contribution in [1.82, 2.24) is 19.5 Å². The van der Waals surface area contributed by atoms with E-state index in [4.69, 9.17) is 20.3 Å². The highest BCUT2D eigenvalue weighted by Crippen LogP contribution is 2.66. The molecule has 0 spiro atoms. The number of fused-ring (bicyclic) bond motifs is 1. The maximum absolute atomic E-state index is 11.9. The van der Waals surface area contributed by atoms with Gasteiger partial charge in [0.05, 0.1) is 12.9 Å². The SMILES string of the molecule is Nc1ncnc2c1ncn2[C@@H]1O[C@@H](COP(=O)(O)OP(=O)(O)OP(O)(O)=S)[C@H](O)[C@H]1O. The van der Waals surface area contributed by atoms with Gasteiger partial charge in [-0.05, 0) is 11.8 Å². The number of rotatable bonds is 8. The molecule has 1 aliphatic heterocycles. The third-order valence-electron chi connectivity index (χ3n) is 3.82. The summed E-state index contributed by atoms with van der Waals surface area (Å²) in [7, 11) is -10.8. The normalized spacial score (nSPS) is 28.5. The molecular formula is C10H16N5O12P3S. The summed E-state index contributed by atoms with van der Waals surface area (Å²) in [5.41, 5.74) is 6.05. The third-order valence-corrected chi connectivity index (χ3v) is 8.22. The number of aromatic nitrogens is 4. The molecule has 1 aliphatic rings. The van der Waals surface area contributed by atoms with E-state index in [1.54, 1.807) is 0 Å². The Bertz CT molecular complexity index is 1110. The van der Waals surface area contributed by atoms with E-state index in [9.17, 15) is 29.1 Å². The fraction of sp³-hybridized carbons (Fsp3) is 0.500. The van der Waals surface area contributed by atoms with E-state index >= 15 is 0 Å². The quantitative estimate of drug-likeness (QED) is 0.194. The fourth-order valence-corrected chi connectivity index (χ4v) is 6.41. The summed E-state index contributed by atoms with van der Waals surface area (Å²) in [5, 5.41) is 20.5. The average molecular weight is 523 g/mol. The second-order valence-electron chi connectivity index (χ2n) is 6.02. The maximum atomic E-state index is 11.9. The number of nitrogens with zero attached hydrogens (tertiary/aromatic N) is 4. The van der Waals surface area contributed by atoms with Crippen molar-refractivity contribution >= 4 is 51.2 Å². The molecule has 8 N–H and O–H groups in total. The molecule has 0 aliphatic carbocycles. The van der Waals surface area contributed by atoms with Crippen molar-refractivity contribution in [3.05, 3.63) is 12.7 Å². The Morgan fingerprint density at radius 2 is 1.77 bits per heavy atom. The summed E-state index contributed by atoms with van der Waals surface area (Å²) >= 11 is 3.97. The van der Waals surface area contributed by atoms with Gasteiger partial charge in [-0.3, -0.25) is 9.09 Å². The van der Waals surface area contributed by atoms with Crippen LogP contribution in [0.1, 0.15) is 6.23 Å². The smallest absolute Gasteiger partial charge is 0.387 e. The molecule has 31 heavy (non-hydrogen) atoms. The van der Waals surface area contributed by atoms with Gasteiger partial charge in [0.25, 0.3) is 0 Å². The first-order valence-electron chi connectivity index (χ1n) is 7.92. The number of ether oxygens (including phenoxy) is 1. The molecule has 3 rings (SSSR count). The van der Waals surface area contributed by atoms with Crippen LogP contribution >= 0.6 is 22.4 Å². The molecule has 1 saturated heterocycles. The molecule has 0 amide bonds. The van der Waals surface area contributed by atoms with Crippen LogP contribution in [0.5, 0.6) is 0 Å². The zero-order chi connectivity index (χ0) is 23.2. The lowest BCUT2D eigenvalue weighted by Gasteiger charge is -2.19. The molecule has 3 heterocycles. The number of anilines is 1. The monoisotopic (exact) mass is 523 g/mol. The van der Waals surface area contributed by atoms with Gasteiger partial charge in [-0.2, -0.15) is 4.31 Å². The Morgan fingerprint density at radius 3 is 2.42 bits per heavy atom. The summed E-state index contributed by atoms with van der Waals surface area (Å²) in [4.78, 5) is 48.2. The van der Waals surface area contributed by atoms with E-state index in [1.165, 1.54) is 10.9 Å². The van der Waals surface area contributed by atoms with E-state index in [2.05, 4.69) is 39.9 Å². The molecule has 1 fully saturated rings. The van der Waals surface area contributed by atoms with Gasteiger partial charge in [0.15, 0.2) is 17.7 Å². The molecule has 2 unspecified atom stereocenters. The van der Waals surface area contributed by atoms with Crippen LogP contribution in [0.2, 0.25) is 0 Å². The lowest BCUT2D eigenvalue weighted by molar-refractivity contribution is -0.0503. The van der Waals surface area contributed by atoms with Crippen LogP contribution in [0.4, 0.5) is 5.82 Å². The number of nitrogens with two attached hydrogens (primary N) is 1. The van der Waals surface area contributed by atoms with Crippen LogP contribution < -0.4 is 5.73 Å². The molecule has 2 aromatic rings. The minimum atomic E-state index is -5.49. The summed E-state index contributed by atoms with van der Waals surface area (Å²) in [6.45, 7) is -5.61. The largest absolute Gasteiger partial charge is 0.488 e. The van der Waals surface area contributed by atoms with E-state index < -0.39 is 53.5 Å². The minimum absolute atomic E-state index is 0.0574. The van der Waals surface area contributed by atoms with Gasteiger partial charge in [-0.25, -0.2) is 28.4 Å². The van der Waals surface area contributed by atoms with Gasteiger partial charge in [-0.1, -0.05) is 0 Å². The number of aliphatic hydroxyl groups excluding tert-OH is 2. The number of nitrogen functional groups attached to an aromatic ring is 1. The number of hydrogen-bond donors (Lipinski definition) is 7. The van der Waals surface area contributed by atoms with Crippen LogP contribution in [-0.4, -0.2) is 74.2 Å². The molecule has 6 atom stereocenters. The number of phosphoric ester groups is 1. The van der Waals surface area contributed by atoms with Crippen LogP contribution in [0.25, 0.3) is 11.2 Å². The van der Waals surface area contributed by atoms with Crippen molar-refractivity contribution in [2.45, 2.75) is 24.5 Å². The first kappa shape index (κ1) is 24.7. The highest BCUT2D eigenvalue weighted by Gasteiger charge is 2.46. The maximum Gasteiger partial charge on any atom is 0.488 e. The first-order valence-corrected chi connectivity index (χ1v) is 13.5. The van der Waals surface area contributed by atoms with Crippen molar-refractivity contribution in [2.75, 3.05) is 12.3 Å². The Labute approximate surface area is 177 Å². The fourth-order valence-electron chi connectivity index (χ4n) is 2.62. The molecule has 0 bridgehead atoms. The highest BCUT2D eigenvalue weighted by molar-refractivity contribution is 8.08. The molecule has 17 nitrogen and oxygen atoms in total. The molecular weight excluding hydrogens is 507 g/mol. The zero-order valence-electron chi connectivity index (χ0n) is 14.9. The number of imidazole rings is 1. The van der Waals surface area contributed by atoms with Gasteiger partial charge >= 0.3 is 22.4 Å². The van der Waals surface area contributed by atoms with E-state index in [1.807, 2.05) is 0 Å². The molecule has 2 aromatic heterocycles. The second kappa shape index (κ2) is 8.78. The second-order valence-corrected chi connectivity index (χ2v) is 11.9.